The van der Waals surface area contributed by atoms with Crippen molar-refractivity contribution in [2.45, 2.75) is 27.7 Å². The number of hydrogen-bond acceptors (Lipinski definition) is 3. The van der Waals surface area contributed by atoms with Gasteiger partial charge in [-0.1, -0.05) is 6.07 Å². The highest BCUT2D eigenvalue weighted by Crippen LogP contribution is 2.24. The number of thiophene rings is 1. The van der Waals surface area contributed by atoms with Crippen LogP contribution in [0.5, 0.6) is 0 Å². The maximum atomic E-state index is 12.3. The van der Waals surface area contributed by atoms with Gasteiger partial charge in [-0.15, -0.1) is 11.3 Å². The quantitative estimate of drug-likeness (QED) is 0.904. The summed E-state index contributed by atoms with van der Waals surface area (Å²) in [7, 11) is 0. The molecule has 5 heteroatoms. The molecular formula is C16H18N2O2S. The van der Waals surface area contributed by atoms with Crippen molar-refractivity contribution in [3.8, 4) is 0 Å². The van der Waals surface area contributed by atoms with Gasteiger partial charge in [0, 0.05) is 23.2 Å². The van der Waals surface area contributed by atoms with Crippen LogP contribution in [-0.4, -0.2) is 11.8 Å². The van der Waals surface area contributed by atoms with Gasteiger partial charge in [-0.3, -0.25) is 9.59 Å². The first kappa shape index (κ1) is 15.3. The smallest absolute Gasteiger partial charge is 0.265 e. The van der Waals surface area contributed by atoms with Crippen molar-refractivity contribution >= 4 is 34.5 Å². The Balaban J connectivity index is 2.22. The summed E-state index contributed by atoms with van der Waals surface area (Å²) in [5.41, 5.74) is 3.44. The second kappa shape index (κ2) is 6.10. The van der Waals surface area contributed by atoms with Crippen LogP contribution in [-0.2, 0) is 4.79 Å². The largest absolute Gasteiger partial charge is 0.326 e. The molecule has 2 aromatic rings. The molecule has 0 atom stereocenters. The lowest BCUT2D eigenvalue weighted by Crippen LogP contribution is -2.12. The topological polar surface area (TPSA) is 58.2 Å². The Kier molecular flexibility index (Phi) is 4.43. The zero-order chi connectivity index (χ0) is 15.6. The molecule has 1 aromatic carbocycles. The summed E-state index contributed by atoms with van der Waals surface area (Å²) in [6.07, 6.45) is 0. The monoisotopic (exact) mass is 302 g/mol. The van der Waals surface area contributed by atoms with Crippen LogP contribution in [0.2, 0.25) is 0 Å². The second-order valence-electron chi connectivity index (χ2n) is 5.01. The van der Waals surface area contributed by atoms with E-state index in [4.69, 9.17) is 0 Å². The van der Waals surface area contributed by atoms with E-state index in [0.29, 0.717) is 16.3 Å². The Morgan fingerprint density at radius 3 is 2.29 bits per heavy atom. The number of carbonyl (C=O) groups excluding carboxylic acids is 2. The Hall–Kier alpha value is -2.14. The third-order valence-electron chi connectivity index (χ3n) is 3.20. The standard InChI is InChI=1S/C16H18N2O2S/c1-9-5-6-13(17-12(4)19)8-14(9)18-16(20)15-7-10(2)11(3)21-15/h5-8H,1-4H3,(H,17,19)(H,18,20). The maximum absolute atomic E-state index is 12.3. The predicted molar refractivity (Wildman–Crippen MR) is 87.2 cm³/mol. The van der Waals surface area contributed by atoms with Gasteiger partial charge in [0.2, 0.25) is 5.91 Å². The molecule has 2 rings (SSSR count). The first-order valence-electron chi connectivity index (χ1n) is 6.63. The highest BCUT2D eigenvalue weighted by Gasteiger charge is 2.12. The molecule has 0 radical (unpaired) electrons. The Bertz CT molecular complexity index is 685. The molecule has 0 spiro atoms. The van der Waals surface area contributed by atoms with Crippen LogP contribution in [0, 0.1) is 20.8 Å². The normalized spacial score (nSPS) is 10.3. The molecule has 0 bridgehead atoms. The number of benzene rings is 1. The lowest BCUT2D eigenvalue weighted by molar-refractivity contribution is -0.114. The number of hydrogen-bond donors (Lipinski definition) is 2. The molecule has 1 aromatic heterocycles. The molecule has 4 nitrogen and oxygen atoms in total. The van der Waals surface area contributed by atoms with Crippen LogP contribution >= 0.6 is 11.3 Å². The lowest BCUT2D eigenvalue weighted by atomic mass is 10.1. The van der Waals surface area contributed by atoms with E-state index in [1.54, 1.807) is 6.07 Å². The highest BCUT2D eigenvalue weighted by molar-refractivity contribution is 7.14. The van der Waals surface area contributed by atoms with Crippen molar-refractivity contribution < 1.29 is 9.59 Å². The zero-order valence-corrected chi connectivity index (χ0v) is 13.4. The maximum Gasteiger partial charge on any atom is 0.265 e. The van der Waals surface area contributed by atoms with E-state index in [1.807, 2.05) is 39.0 Å². The second-order valence-corrected chi connectivity index (χ2v) is 6.27. The fourth-order valence-corrected chi connectivity index (χ4v) is 2.84. The van der Waals surface area contributed by atoms with E-state index < -0.39 is 0 Å². The van der Waals surface area contributed by atoms with Gasteiger partial charge in [0.25, 0.3) is 5.91 Å². The van der Waals surface area contributed by atoms with E-state index in [-0.39, 0.29) is 11.8 Å². The molecule has 0 saturated carbocycles. The van der Waals surface area contributed by atoms with Crippen molar-refractivity contribution in [2.24, 2.45) is 0 Å². The summed E-state index contributed by atoms with van der Waals surface area (Å²) >= 11 is 1.48. The zero-order valence-electron chi connectivity index (χ0n) is 12.5. The summed E-state index contributed by atoms with van der Waals surface area (Å²) in [4.78, 5) is 25.2. The van der Waals surface area contributed by atoms with Crippen molar-refractivity contribution in [2.75, 3.05) is 10.6 Å². The number of carbonyl (C=O) groups is 2. The minimum Gasteiger partial charge on any atom is -0.326 e. The number of rotatable bonds is 3. The molecule has 0 saturated heterocycles. The predicted octanol–water partition coefficient (Wildman–Crippen LogP) is 3.88. The molecule has 0 unspecified atom stereocenters. The van der Waals surface area contributed by atoms with Crippen LogP contribution < -0.4 is 10.6 Å². The summed E-state index contributed by atoms with van der Waals surface area (Å²) in [5.74, 6) is -0.264. The van der Waals surface area contributed by atoms with Crippen molar-refractivity contribution in [1.29, 1.82) is 0 Å². The van der Waals surface area contributed by atoms with Gasteiger partial charge in [0.05, 0.1) is 4.88 Å². The average Bonchev–Trinajstić information content (AvgIpc) is 2.73. The molecule has 1 heterocycles. The first-order valence-corrected chi connectivity index (χ1v) is 7.45. The van der Waals surface area contributed by atoms with Gasteiger partial charge in [-0.25, -0.2) is 0 Å². The van der Waals surface area contributed by atoms with Crippen LogP contribution in [0.4, 0.5) is 11.4 Å². The first-order chi connectivity index (χ1) is 9.86. The number of nitrogens with one attached hydrogen (secondary N) is 2. The van der Waals surface area contributed by atoms with Crippen LogP contribution in [0.25, 0.3) is 0 Å². The summed E-state index contributed by atoms with van der Waals surface area (Å²) in [6.45, 7) is 7.36. The van der Waals surface area contributed by atoms with Gasteiger partial charge in [-0.05, 0) is 50.1 Å². The fourth-order valence-electron chi connectivity index (χ4n) is 1.91. The van der Waals surface area contributed by atoms with Crippen molar-refractivity contribution in [3.05, 3.63) is 45.1 Å². The molecule has 2 amide bonds. The van der Waals surface area contributed by atoms with Crippen LogP contribution in [0.1, 0.15) is 32.6 Å². The minimum absolute atomic E-state index is 0.126. The molecular weight excluding hydrogens is 284 g/mol. The van der Waals surface area contributed by atoms with E-state index in [1.165, 1.54) is 18.3 Å². The van der Waals surface area contributed by atoms with Gasteiger partial charge in [-0.2, -0.15) is 0 Å². The van der Waals surface area contributed by atoms with E-state index in [9.17, 15) is 9.59 Å². The number of anilines is 2. The van der Waals surface area contributed by atoms with Crippen molar-refractivity contribution in [3.63, 3.8) is 0 Å². The molecule has 110 valence electrons. The third kappa shape index (κ3) is 3.70. The number of amides is 2. The molecule has 2 N–H and O–H groups in total. The summed E-state index contributed by atoms with van der Waals surface area (Å²) in [5, 5.41) is 5.61. The molecule has 0 fully saturated rings. The van der Waals surface area contributed by atoms with Crippen LogP contribution in [0.15, 0.2) is 24.3 Å². The van der Waals surface area contributed by atoms with Gasteiger partial charge < -0.3 is 10.6 Å². The Morgan fingerprint density at radius 1 is 1.00 bits per heavy atom. The van der Waals surface area contributed by atoms with E-state index in [0.717, 1.165) is 16.0 Å². The van der Waals surface area contributed by atoms with Gasteiger partial charge in [0.15, 0.2) is 0 Å². The lowest BCUT2D eigenvalue weighted by Gasteiger charge is -2.10. The molecule has 0 aliphatic rings. The minimum atomic E-state index is -0.138. The molecule has 0 aliphatic heterocycles. The van der Waals surface area contributed by atoms with Gasteiger partial charge >= 0.3 is 0 Å². The SMILES string of the molecule is CC(=O)Nc1ccc(C)c(NC(=O)c2cc(C)c(C)s2)c1. The van der Waals surface area contributed by atoms with Gasteiger partial charge in [0.1, 0.15) is 0 Å². The van der Waals surface area contributed by atoms with E-state index >= 15 is 0 Å². The molecule has 21 heavy (non-hydrogen) atoms. The van der Waals surface area contributed by atoms with Crippen molar-refractivity contribution in [1.82, 2.24) is 0 Å². The molecule has 0 aliphatic carbocycles. The Labute approximate surface area is 128 Å². The summed E-state index contributed by atoms with van der Waals surface area (Å²) < 4.78 is 0. The highest BCUT2D eigenvalue weighted by atomic mass is 32.1. The van der Waals surface area contributed by atoms with E-state index in [2.05, 4.69) is 10.6 Å². The Morgan fingerprint density at radius 2 is 1.71 bits per heavy atom. The summed E-state index contributed by atoms with van der Waals surface area (Å²) in [6, 6.07) is 7.34. The third-order valence-corrected chi connectivity index (χ3v) is 4.35. The number of aryl methyl sites for hydroxylation is 3. The average molecular weight is 302 g/mol. The fraction of sp³-hybridized carbons (Fsp3) is 0.250. The van der Waals surface area contributed by atoms with Crippen LogP contribution in [0.3, 0.4) is 0 Å².